The van der Waals surface area contributed by atoms with Gasteiger partial charge in [0.25, 0.3) is 0 Å². The van der Waals surface area contributed by atoms with E-state index in [2.05, 4.69) is 5.32 Å². The molecule has 124 valence electrons. The van der Waals surface area contributed by atoms with Gasteiger partial charge in [-0.25, -0.2) is 4.79 Å². The van der Waals surface area contributed by atoms with Crippen LogP contribution in [0.3, 0.4) is 0 Å². The second-order valence-electron chi connectivity index (χ2n) is 5.68. The lowest BCUT2D eigenvalue weighted by Gasteiger charge is -2.24. The summed E-state index contributed by atoms with van der Waals surface area (Å²) in [6.07, 6.45) is 1.58. The molecular weight excluding hydrogens is 288 g/mol. The molecule has 0 spiro atoms. The smallest absolute Gasteiger partial charge is 0.328 e. The fourth-order valence-corrected chi connectivity index (χ4v) is 2.39. The van der Waals surface area contributed by atoms with Gasteiger partial charge in [0.1, 0.15) is 12.1 Å². The number of allylic oxidation sites excluding steroid dienone is 1. The minimum absolute atomic E-state index is 0.129. The second kappa shape index (κ2) is 7.93. The lowest BCUT2D eigenvalue weighted by molar-refractivity contribution is -0.146. The van der Waals surface area contributed by atoms with Gasteiger partial charge in [-0.1, -0.05) is 11.6 Å². The van der Waals surface area contributed by atoms with Crippen LogP contribution in [0.15, 0.2) is 11.6 Å². The molecule has 0 bridgehead atoms. The number of esters is 1. The molecule has 0 unspecified atom stereocenters. The van der Waals surface area contributed by atoms with Gasteiger partial charge in [-0.3, -0.25) is 9.59 Å². The van der Waals surface area contributed by atoms with Crippen molar-refractivity contribution in [2.24, 2.45) is 0 Å². The molecule has 1 saturated heterocycles. The highest BCUT2D eigenvalue weighted by Gasteiger charge is 2.38. The Labute approximate surface area is 130 Å². The highest BCUT2D eigenvalue weighted by Crippen LogP contribution is 2.18. The topological polar surface area (TPSA) is 95.9 Å². The number of hydrogen-bond donors (Lipinski definition) is 2. The van der Waals surface area contributed by atoms with Gasteiger partial charge < -0.3 is 20.1 Å². The monoisotopic (exact) mass is 312 g/mol. The second-order valence-corrected chi connectivity index (χ2v) is 5.68. The number of likely N-dealkylation sites (tertiary alicyclic amines) is 1. The number of amides is 2. The Morgan fingerprint density at radius 1 is 1.36 bits per heavy atom. The largest absolute Gasteiger partial charge is 0.467 e. The fraction of sp³-hybridized carbons (Fsp3) is 0.667. The van der Waals surface area contributed by atoms with E-state index in [0.717, 1.165) is 5.57 Å². The molecule has 1 rings (SSSR count). The number of β-amino-alcohol motifs (C(OH)–C–C–N with tert-alkyl or cyclic N) is 1. The summed E-state index contributed by atoms with van der Waals surface area (Å²) in [7, 11) is 1.26. The van der Waals surface area contributed by atoms with Crippen LogP contribution in [-0.4, -0.2) is 59.6 Å². The predicted octanol–water partition coefficient (Wildman–Crippen LogP) is -0.0178. The summed E-state index contributed by atoms with van der Waals surface area (Å²) < 4.78 is 4.69. The lowest BCUT2D eigenvalue weighted by Crippen LogP contribution is -2.50. The van der Waals surface area contributed by atoms with Crippen molar-refractivity contribution in [3.05, 3.63) is 11.6 Å². The van der Waals surface area contributed by atoms with Crippen LogP contribution in [0.2, 0.25) is 0 Å². The molecule has 0 aliphatic carbocycles. The zero-order valence-corrected chi connectivity index (χ0v) is 13.5. The zero-order valence-electron chi connectivity index (χ0n) is 13.5. The Morgan fingerprint density at radius 3 is 2.50 bits per heavy atom. The fourth-order valence-electron chi connectivity index (χ4n) is 2.39. The Balaban J connectivity index is 2.79. The number of aliphatic hydroxyl groups is 1. The Kier molecular flexibility index (Phi) is 6.55. The minimum Gasteiger partial charge on any atom is -0.467 e. The quantitative estimate of drug-likeness (QED) is 0.549. The summed E-state index contributed by atoms with van der Waals surface area (Å²) >= 11 is 0. The van der Waals surface area contributed by atoms with Gasteiger partial charge in [-0.05, 0) is 20.3 Å². The maximum Gasteiger partial charge on any atom is 0.328 e. The maximum atomic E-state index is 12.3. The van der Waals surface area contributed by atoms with Crippen LogP contribution in [-0.2, 0) is 19.1 Å². The lowest BCUT2D eigenvalue weighted by atomic mass is 10.1. The number of aliphatic hydroxyl groups excluding tert-OH is 1. The van der Waals surface area contributed by atoms with Crippen molar-refractivity contribution in [2.45, 2.75) is 51.8 Å². The molecule has 1 aliphatic rings. The molecular formula is C15H24N2O5. The van der Waals surface area contributed by atoms with Crippen molar-refractivity contribution in [1.29, 1.82) is 0 Å². The van der Waals surface area contributed by atoms with Gasteiger partial charge in [0.2, 0.25) is 11.8 Å². The number of nitrogens with one attached hydrogen (secondary N) is 1. The van der Waals surface area contributed by atoms with Crippen molar-refractivity contribution in [2.75, 3.05) is 13.7 Å². The summed E-state index contributed by atoms with van der Waals surface area (Å²) in [6, 6.07) is -1.56. The highest BCUT2D eigenvalue weighted by molar-refractivity contribution is 5.90. The molecule has 22 heavy (non-hydrogen) atoms. The highest BCUT2D eigenvalue weighted by atomic mass is 16.5. The maximum absolute atomic E-state index is 12.3. The van der Waals surface area contributed by atoms with Gasteiger partial charge in [0.15, 0.2) is 0 Å². The number of carbonyl (C=O) groups excluding carboxylic acids is 3. The first-order valence-electron chi connectivity index (χ1n) is 7.23. The van der Waals surface area contributed by atoms with Crippen molar-refractivity contribution in [1.82, 2.24) is 10.2 Å². The number of carbonyl (C=O) groups is 3. The van der Waals surface area contributed by atoms with E-state index in [1.165, 1.54) is 18.9 Å². The average Bonchev–Trinajstić information content (AvgIpc) is 2.84. The van der Waals surface area contributed by atoms with E-state index in [0.29, 0.717) is 6.42 Å². The molecule has 2 N–H and O–H groups in total. The number of hydrogen-bond acceptors (Lipinski definition) is 5. The predicted molar refractivity (Wildman–Crippen MR) is 79.8 cm³/mol. The van der Waals surface area contributed by atoms with Gasteiger partial charge in [0.05, 0.1) is 13.2 Å². The first kappa shape index (κ1) is 18.2. The Hall–Kier alpha value is -1.89. The minimum atomic E-state index is -0.807. The van der Waals surface area contributed by atoms with Crippen LogP contribution in [0, 0.1) is 0 Å². The van der Waals surface area contributed by atoms with Crippen molar-refractivity contribution in [3.8, 4) is 0 Å². The number of methoxy groups -OCH3 is 1. The summed E-state index contributed by atoms with van der Waals surface area (Å²) in [5.74, 6) is -1.28. The average molecular weight is 312 g/mol. The number of ether oxygens (including phenoxy) is 1. The van der Waals surface area contributed by atoms with E-state index >= 15 is 0 Å². The van der Waals surface area contributed by atoms with Crippen LogP contribution >= 0.6 is 0 Å². The van der Waals surface area contributed by atoms with Gasteiger partial charge >= 0.3 is 5.97 Å². The molecule has 2 amide bonds. The van der Waals surface area contributed by atoms with E-state index in [-0.39, 0.29) is 18.9 Å². The normalized spacial score (nSPS) is 22.0. The van der Waals surface area contributed by atoms with Crippen LogP contribution in [0.4, 0.5) is 0 Å². The van der Waals surface area contributed by atoms with Crippen LogP contribution in [0.1, 0.15) is 33.6 Å². The van der Waals surface area contributed by atoms with Crippen molar-refractivity contribution in [3.63, 3.8) is 0 Å². The molecule has 0 aromatic carbocycles. The van der Waals surface area contributed by atoms with E-state index in [9.17, 15) is 19.5 Å². The van der Waals surface area contributed by atoms with E-state index in [1.54, 1.807) is 0 Å². The standard InChI is InChI=1S/C15H24N2O5/c1-9(2)5-6-12(15(21)22-4)16-14(20)13-7-11(19)8-17(13)10(3)18/h5,11-13,19H,6-8H2,1-4H3,(H,16,20)/t11-,12+,13+/m1/s1. The summed E-state index contributed by atoms with van der Waals surface area (Å²) in [6.45, 7) is 5.26. The first-order chi connectivity index (χ1) is 10.3. The zero-order chi connectivity index (χ0) is 16.9. The van der Waals surface area contributed by atoms with Gasteiger partial charge in [-0.2, -0.15) is 0 Å². The van der Waals surface area contributed by atoms with E-state index in [4.69, 9.17) is 4.74 Å². The third kappa shape index (κ3) is 4.84. The van der Waals surface area contributed by atoms with Crippen LogP contribution < -0.4 is 5.32 Å². The summed E-state index contributed by atoms with van der Waals surface area (Å²) in [4.78, 5) is 36.9. The van der Waals surface area contributed by atoms with Crippen molar-refractivity contribution >= 4 is 17.8 Å². The molecule has 7 heteroatoms. The molecule has 1 aliphatic heterocycles. The SMILES string of the molecule is COC(=O)[C@H](CC=C(C)C)NC(=O)[C@@H]1C[C@@H](O)CN1C(C)=O. The molecule has 7 nitrogen and oxygen atoms in total. The van der Waals surface area contributed by atoms with Crippen LogP contribution in [0.25, 0.3) is 0 Å². The van der Waals surface area contributed by atoms with E-state index < -0.39 is 30.1 Å². The molecule has 0 aromatic rings. The van der Waals surface area contributed by atoms with Crippen LogP contribution in [0.5, 0.6) is 0 Å². The molecule has 0 radical (unpaired) electrons. The summed E-state index contributed by atoms with van der Waals surface area (Å²) in [5.41, 5.74) is 1.02. The van der Waals surface area contributed by atoms with E-state index in [1.807, 2.05) is 19.9 Å². The molecule has 0 saturated carbocycles. The first-order valence-corrected chi connectivity index (χ1v) is 7.23. The molecule has 3 atom stereocenters. The molecule has 0 aromatic heterocycles. The third-order valence-corrected chi connectivity index (χ3v) is 3.55. The number of rotatable bonds is 5. The molecule has 1 heterocycles. The number of nitrogens with zero attached hydrogens (tertiary/aromatic N) is 1. The summed E-state index contributed by atoms with van der Waals surface area (Å²) in [5, 5.41) is 12.3. The molecule has 1 fully saturated rings. The third-order valence-electron chi connectivity index (χ3n) is 3.55. The van der Waals surface area contributed by atoms with Gasteiger partial charge in [0, 0.05) is 19.9 Å². The Morgan fingerprint density at radius 2 is 2.00 bits per heavy atom. The van der Waals surface area contributed by atoms with Crippen molar-refractivity contribution < 1.29 is 24.2 Å². The Bertz CT molecular complexity index is 471. The van der Waals surface area contributed by atoms with Gasteiger partial charge in [-0.15, -0.1) is 0 Å².